The fraction of sp³-hybridized carbons (Fsp3) is 0.600. The molecule has 0 bridgehead atoms. The molecule has 1 aromatic heterocycles. The first-order chi connectivity index (χ1) is 10.3. The van der Waals surface area contributed by atoms with Crippen molar-refractivity contribution in [1.82, 2.24) is 16.0 Å². The Kier molecular flexibility index (Phi) is 6.12. The second-order valence-electron chi connectivity index (χ2n) is 5.26. The highest BCUT2D eigenvalue weighted by molar-refractivity contribution is 5.86. The molecule has 1 aliphatic carbocycles. The number of nitrogens with one attached hydrogen (secondary N) is 3. The van der Waals surface area contributed by atoms with Crippen LogP contribution in [0.2, 0.25) is 0 Å². The number of guanidine groups is 1. The van der Waals surface area contributed by atoms with Gasteiger partial charge in [0.25, 0.3) is 0 Å². The molecule has 1 fully saturated rings. The van der Waals surface area contributed by atoms with Crippen molar-refractivity contribution in [2.45, 2.75) is 44.7 Å². The first-order valence-electron chi connectivity index (χ1n) is 7.54. The molecule has 1 aromatic rings. The van der Waals surface area contributed by atoms with E-state index in [-0.39, 0.29) is 12.5 Å². The molecule has 6 heteroatoms. The molecule has 1 heterocycles. The lowest BCUT2D eigenvalue weighted by Gasteiger charge is -2.24. The zero-order chi connectivity index (χ0) is 14.9. The van der Waals surface area contributed by atoms with Crippen molar-refractivity contribution in [3.05, 3.63) is 24.2 Å². The average molecular weight is 292 g/mol. The van der Waals surface area contributed by atoms with E-state index < -0.39 is 0 Å². The summed E-state index contributed by atoms with van der Waals surface area (Å²) < 4.78 is 5.16. The summed E-state index contributed by atoms with van der Waals surface area (Å²) in [5.41, 5.74) is 0. The number of furan rings is 1. The molecule has 0 unspecified atom stereocenters. The van der Waals surface area contributed by atoms with Gasteiger partial charge in [-0.3, -0.25) is 9.79 Å². The quantitative estimate of drug-likeness (QED) is 0.566. The molecular weight excluding hydrogens is 268 g/mol. The van der Waals surface area contributed by atoms with Crippen LogP contribution in [0.1, 0.15) is 37.9 Å². The molecule has 2 rings (SSSR count). The minimum absolute atomic E-state index is 0.0852. The fourth-order valence-corrected chi connectivity index (χ4v) is 2.46. The third-order valence-corrected chi connectivity index (χ3v) is 3.63. The molecule has 3 N–H and O–H groups in total. The number of hydrogen-bond donors (Lipinski definition) is 3. The molecule has 1 amide bonds. The molecule has 0 spiro atoms. The summed E-state index contributed by atoms with van der Waals surface area (Å²) in [5.74, 6) is 1.35. The van der Waals surface area contributed by atoms with Crippen LogP contribution >= 0.6 is 0 Å². The highest BCUT2D eigenvalue weighted by Gasteiger charge is 2.14. The van der Waals surface area contributed by atoms with Gasteiger partial charge in [-0.2, -0.15) is 0 Å². The Balaban J connectivity index is 1.66. The van der Waals surface area contributed by atoms with E-state index in [2.05, 4.69) is 20.9 Å². The van der Waals surface area contributed by atoms with E-state index >= 15 is 0 Å². The van der Waals surface area contributed by atoms with Crippen LogP contribution in [0.4, 0.5) is 0 Å². The lowest BCUT2D eigenvalue weighted by molar-refractivity contribution is -0.120. The molecule has 0 atom stereocenters. The van der Waals surface area contributed by atoms with Crippen LogP contribution in [0.25, 0.3) is 0 Å². The van der Waals surface area contributed by atoms with Gasteiger partial charge in [-0.25, -0.2) is 0 Å². The summed E-state index contributed by atoms with van der Waals surface area (Å²) in [6, 6.07) is 4.10. The van der Waals surface area contributed by atoms with Gasteiger partial charge in [0.05, 0.1) is 19.4 Å². The second-order valence-corrected chi connectivity index (χ2v) is 5.26. The average Bonchev–Trinajstić information content (AvgIpc) is 3.03. The zero-order valence-electron chi connectivity index (χ0n) is 12.5. The van der Waals surface area contributed by atoms with E-state index in [0.29, 0.717) is 18.5 Å². The molecule has 0 aliphatic heterocycles. The van der Waals surface area contributed by atoms with Gasteiger partial charge in [0.1, 0.15) is 5.76 Å². The van der Waals surface area contributed by atoms with E-state index in [1.54, 1.807) is 19.4 Å². The summed E-state index contributed by atoms with van der Waals surface area (Å²) >= 11 is 0. The van der Waals surface area contributed by atoms with Crippen LogP contribution < -0.4 is 16.0 Å². The largest absolute Gasteiger partial charge is 0.467 e. The molecule has 116 valence electrons. The number of nitrogens with zero attached hydrogens (tertiary/aromatic N) is 1. The molecule has 0 radical (unpaired) electrons. The van der Waals surface area contributed by atoms with Crippen LogP contribution in [0.3, 0.4) is 0 Å². The number of amides is 1. The normalized spacial score (nSPS) is 16.5. The van der Waals surface area contributed by atoms with Gasteiger partial charge in [-0.15, -0.1) is 0 Å². The van der Waals surface area contributed by atoms with Gasteiger partial charge < -0.3 is 20.4 Å². The van der Waals surface area contributed by atoms with Gasteiger partial charge in [-0.05, 0) is 25.0 Å². The van der Waals surface area contributed by atoms with Gasteiger partial charge in [-0.1, -0.05) is 19.3 Å². The summed E-state index contributed by atoms with van der Waals surface area (Å²) in [7, 11) is 1.72. The summed E-state index contributed by atoms with van der Waals surface area (Å²) in [6.07, 6.45) is 7.78. The van der Waals surface area contributed by atoms with Crippen LogP contribution in [-0.2, 0) is 11.3 Å². The van der Waals surface area contributed by atoms with E-state index in [0.717, 1.165) is 5.76 Å². The standard InChI is InChI=1S/C15H24N4O2/c1-16-15(19-12-6-3-2-4-7-12)18-11-14(20)17-10-13-8-5-9-21-13/h5,8-9,12H,2-4,6-7,10-11H2,1H3,(H,17,20)(H2,16,18,19). The Morgan fingerprint density at radius 3 is 2.81 bits per heavy atom. The molecular formula is C15H24N4O2. The van der Waals surface area contributed by atoms with E-state index in [1.165, 1.54) is 32.1 Å². The first kappa shape index (κ1) is 15.4. The van der Waals surface area contributed by atoms with Crippen LogP contribution in [0.15, 0.2) is 27.8 Å². The maximum Gasteiger partial charge on any atom is 0.239 e. The fourth-order valence-electron chi connectivity index (χ4n) is 2.46. The van der Waals surface area contributed by atoms with Gasteiger partial charge in [0.2, 0.25) is 5.91 Å². The van der Waals surface area contributed by atoms with E-state index in [4.69, 9.17) is 4.42 Å². The lowest BCUT2D eigenvalue weighted by atomic mass is 9.96. The SMILES string of the molecule is CN=C(NCC(=O)NCc1ccco1)NC1CCCCC1. The number of aliphatic imine (C=N–C) groups is 1. The van der Waals surface area contributed by atoms with Crippen molar-refractivity contribution in [1.29, 1.82) is 0 Å². The minimum atomic E-state index is -0.0852. The highest BCUT2D eigenvalue weighted by atomic mass is 16.3. The molecule has 21 heavy (non-hydrogen) atoms. The molecule has 0 saturated heterocycles. The third kappa shape index (κ3) is 5.49. The van der Waals surface area contributed by atoms with Gasteiger partial charge in [0, 0.05) is 13.1 Å². The Morgan fingerprint density at radius 2 is 2.14 bits per heavy atom. The van der Waals surface area contributed by atoms with Crippen molar-refractivity contribution in [3.8, 4) is 0 Å². The maximum atomic E-state index is 11.8. The minimum Gasteiger partial charge on any atom is -0.467 e. The van der Waals surface area contributed by atoms with Crippen molar-refractivity contribution in [3.63, 3.8) is 0 Å². The smallest absolute Gasteiger partial charge is 0.239 e. The third-order valence-electron chi connectivity index (χ3n) is 3.63. The van der Waals surface area contributed by atoms with Crippen molar-refractivity contribution in [2.75, 3.05) is 13.6 Å². The predicted molar refractivity (Wildman–Crippen MR) is 81.9 cm³/mol. The Hall–Kier alpha value is -1.98. The maximum absolute atomic E-state index is 11.8. The Bertz CT molecular complexity index is 450. The van der Waals surface area contributed by atoms with Gasteiger partial charge >= 0.3 is 0 Å². The number of rotatable bonds is 5. The first-order valence-corrected chi connectivity index (χ1v) is 7.54. The summed E-state index contributed by atoms with van der Waals surface area (Å²) in [5, 5.41) is 9.20. The number of hydrogen-bond acceptors (Lipinski definition) is 3. The van der Waals surface area contributed by atoms with Gasteiger partial charge in [0.15, 0.2) is 5.96 Å². The van der Waals surface area contributed by atoms with E-state index in [1.807, 2.05) is 6.07 Å². The van der Waals surface area contributed by atoms with Crippen LogP contribution in [0.5, 0.6) is 0 Å². The van der Waals surface area contributed by atoms with Crippen LogP contribution in [-0.4, -0.2) is 31.5 Å². The van der Waals surface area contributed by atoms with Crippen molar-refractivity contribution >= 4 is 11.9 Å². The Morgan fingerprint density at radius 1 is 1.33 bits per heavy atom. The van der Waals surface area contributed by atoms with Crippen molar-refractivity contribution in [2.24, 2.45) is 4.99 Å². The lowest BCUT2D eigenvalue weighted by Crippen LogP contribution is -2.47. The Labute approximate surface area is 125 Å². The molecule has 1 saturated carbocycles. The predicted octanol–water partition coefficient (Wildman–Crippen LogP) is 1.39. The molecule has 0 aromatic carbocycles. The summed E-state index contributed by atoms with van der Waals surface area (Å²) in [6.45, 7) is 0.606. The second kappa shape index (κ2) is 8.34. The topological polar surface area (TPSA) is 78.7 Å². The monoisotopic (exact) mass is 292 g/mol. The molecule has 6 nitrogen and oxygen atoms in total. The van der Waals surface area contributed by atoms with E-state index in [9.17, 15) is 4.79 Å². The zero-order valence-corrected chi connectivity index (χ0v) is 12.5. The number of carbonyl (C=O) groups is 1. The highest BCUT2D eigenvalue weighted by Crippen LogP contribution is 2.17. The molecule has 1 aliphatic rings. The van der Waals surface area contributed by atoms with Crippen molar-refractivity contribution < 1.29 is 9.21 Å². The van der Waals surface area contributed by atoms with Crippen LogP contribution in [0, 0.1) is 0 Å². The summed E-state index contributed by atoms with van der Waals surface area (Å²) in [4.78, 5) is 15.9. The number of carbonyl (C=O) groups excluding carboxylic acids is 1.